The van der Waals surface area contributed by atoms with E-state index < -0.39 is 5.97 Å². The maximum atomic E-state index is 11.6. The molecule has 0 aliphatic carbocycles. The van der Waals surface area contributed by atoms with Gasteiger partial charge in [-0.25, -0.2) is 0 Å². The first-order valence-electron chi connectivity index (χ1n) is 7.04. The fourth-order valence-corrected chi connectivity index (χ4v) is 2.32. The molecule has 0 spiro atoms. The maximum absolute atomic E-state index is 11.6. The number of hydrogen-bond donors (Lipinski definition) is 1. The second-order valence-electron chi connectivity index (χ2n) is 4.61. The second kappa shape index (κ2) is 8.33. The van der Waals surface area contributed by atoms with E-state index >= 15 is 0 Å². The van der Waals surface area contributed by atoms with E-state index in [0.717, 1.165) is 22.9 Å². The van der Waals surface area contributed by atoms with Crippen LogP contribution in [0, 0.1) is 6.92 Å². The van der Waals surface area contributed by atoms with Crippen molar-refractivity contribution < 1.29 is 18.7 Å². The van der Waals surface area contributed by atoms with Crippen LogP contribution >= 0.6 is 11.8 Å². The summed E-state index contributed by atoms with van der Waals surface area (Å²) in [5, 5.41) is 10.6. The van der Waals surface area contributed by atoms with E-state index in [0.29, 0.717) is 11.1 Å². The fourth-order valence-electron chi connectivity index (χ4n) is 1.72. The van der Waals surface area contributed by atoms with Gasteiger partial charge in [-0.1, -0.05) is 29.5 Å². The van der Waals surface area contributed by atoms with Crippen molar-refractivity contribution in [3.63, 3.8) is 0 Å². The molecule has 0 atom stereocenters. The Balaban J connectivity index is 1.83. The Morgan fingerprint density at radius 1 is 1.35 bits per heavy atom. The van der Waals surface area contributed by atoms with Gasteiger partial charge in [-0.2, -0.15) is 0 Å². The van der Waals surface area contributed by atoms with Crippen LogP contribution in [0.5, 0.6) is 0 Å². The smallest absolute Gasteiger partial charge is 0.325 e. The summed E-state index contributed by atoms with van der Waals surface area (Å²) in [6, 6.07) is 7.70. The number of nitrogens with zero attached hydrogens (tertiary/aromatic N) is 2. The summed E-state index contributed by atoms with van der Waals surface area (Å²) >= 11 is 1.11. The van der Waals surface area contributed by atoms with Crippen molar-refractivity contribution in [2.75, 3.05) is 18.9 Å². The van der Waals surface area contributed by atoms with E-state index in [9.17, 15) is 9.59 Å². The Hall–Kier alpha value is -2.35. The van der Waals surface area contributed by atoms with Crippen molar-refractivity contribution >= 4 is 23.6 Å². The summed E-state index contributed by atoms with van der Waals surface area (Å²) in [6.45, 7) is 3.82. The minimum atomic E-state index is -0.467. The molecule has 2 rings (SSSR count). The third-order valence-electron chi connectivity index (χ3n) is 2.73. The van der Waals surface area contributed by atoms with Gasteiger partial charge in [-0.05, 0) is 26.0 Å². The van der Waals surface area contributed by atoms with Crippen LogP contribution < -0.4 is 5.32 Å². The molecular formula is C15H17N3O4S. The third kappa shape index (κ3) is 5.41. The molecule has 0 unspecified atom stereocenters. The standard InChI is InChI=1S/C15H17N3O4S/c1-3-21-13(20)8-16-12(19)9-23-15-18-17-14(22-15)11-6-4-5-10(2)7-11/h4-7H,3,8-9H2,1-2H3,(H,16,19). The van der Waals surface area contributed by atoms with Gasteiger partial charge in [0.2, 0.25) is 11.8 Å². The molecule has 122 valence electrons. The molecule has 2 aromatic rings. The van der Waals surface area contributed by atoms with Gasteiger partial charge in [-0.3, -0.25) is 9.59 Å². The van der Waals surface area contributed by atoms with Gasteiger partial charge in [0.1, 0.15) is 6.54 Å². The van der Waals surface area contributed by atoms with Gasteiger partial charge in [0, 0.05) is 5.56 Å². The minimum Gasteiger partial charge on any atom is -0.465 e. The van der Waals surface area contributed by atoms with E-state index in [4.69, 9.17) is 9.15 Å². The normalized spacial score (nSPS) is 10.3. The maximum Gasteiger partial charge on any atom is 0.325 e. The Bertz CT molecular complexity index is 687. The van der Waals surface area contributed by atoms with Crippen molar-refractivity contribution in [1.29, 1.82) is 0 Å². The van der Waals surface area contributed by atoms with Gasteiger partial charge in [0.15, 0.2) is 0 Å². The molecule has 23 heavy (non-hydrogen) atoms. The van der Waals surface area contributed by atoms with Crippen molar-refractivity contribution in [1.82, 2.24) is 15.5 Å². The first-order valence-corrected chi connectivity index (χ1v) is 8.02. The molecule has 0 aliphatic heterocycles. The van der Waals surface area contributed by atoms with Crippen LogP contribution in [0.25, 0.3) is 11.5 Å². The molecular weight excluding hydrogens is 318 g/mol. The molecule has 1 N–H and O–H groups in total. The largest absolute Gasteiger partial charge is 0.465 e. The van der Waals surface area contributed by atoms with Crippen LogP contribution in [0.3, 0.4) is 0 Å². The zero-order chi connectivity index (χ0) is 16.7. The quantitative estimate of drug-likeness (QED) is 0.609. The Kier molecular flexibility index (Phi) is 6.16. The van der Waals surface area contributed by atoms with Crippen LogP contribution in [-0.2, 0) is 14.3 Å². The molecule has 8 heteroatoms. The average Bonchev–Trinajstić information content (AvgIpc) is 3.00. The molecule has 1 aromatic heterocycles. The highest BCUT2D eigenvalue weighted by atomic mass is 32.2. The SMILES string of the molecule is CCOC(=O)CNC(=O)CSc1nnc(-c2cccc(C)c2)o1. The van der Waals surface area contributed by atoms with E-state index in [1.54, 1.807) is 6.92 Å². The first-order chi connectivity index (χ1) is 11.1. The molecule has 1 heterocycles. The predicted molar refractivity (Wildman–Crippen MR) is 84.8 cm³/mol. The Labute approximate surface area is 137 Å². The number of amides is 1. The van der Waals surface area contributed by atoms with Crippen molar-refractivity contribution in [2.24, 2.45) is 0 Å². The Morgan fingerprint density at radius 2 is 2.17 bits per heavy atom. The summed E-state index contributed by atoms with van der Waals surface area (Å²) in [4.78, 5) is 22.7. The van der Waals surface area contributed by atoms with Crippen LogP contribution in [0.1, 0.15) is 12.5 Å². The zero-order valence-corrected chi connectivity index (χ0v) is 13.7. The lowest BCUT2D eigenvalue weighted by molar-refractivity contribution is -0.143. The van der Waals surface area contributed by atoms with Crippen LogP contribution in [0.2, 0.25) is 0 Å². The van der Waals surface area contributed by atoms with Crippen LogP contribution in [0.15, 0.2) is 33.9 Å². The number of hydrogen-bond acceptors (Lipinski definition) is 7. The number of nitrogens with one attached hydrogen (secondary N) is 1. The summed E-state index contributed by atoms with van der Waals surface area (Å²) in [6.07, 6.45) is 0. The molecule has 0 saturated carbocycles. The number of rotatable bonds is 7. The molecule has 1 amide bonds. The van der Waals surface area contributed by atoms with E-state index in [1.807, 2.05) is 31.2 Å². The van der Waals surface area contributed by atoms with Gasteiger partial charge in [0.25, 0.3) is 5.22 Å². The van der Waals surface area contributed by atoms with E-state index in [1.165, 1.54) is 0 Å². The second-order valence-corrected chi connectivity index (χ2v) is 5.54. The molecule has 0 fully saturated rings. The fraction of sp³-hybridized carbons (Fsp3) is 0.333. The highest BCUT2D eigenvalue weighted by Gasteiger charge is 2.12. The minimum absolute atomic E-state index is 0.0782. The number of carbonyl (C=O) groups excluding carboxylic acids is 2. The average molecular weight is 335 g/mol. The third-order valence-corrected chi connectivity index (χ3v) is 3.55. The molecule has 0 saturated heterocycles. The number of carbonyl (C=O) groups is 2. The monoisotopic (exact) mass is 335 g/mol. The predicted octanol–water partition coefficient (Wildman–Crippen LogP) is 1.82. The molecule has 1 aromatic carbocycles. The van der Waals surface area contributed by atoms with Crippen LogP contribution in [0.4, 0.5) is 0 Å². The van der Waals surface area contributed by atoms with Crippen molar-refractivity contribution in [2.45, 2.75) is 19.1 Å². The summed E-state index contributed by atoms with van der Waals surface area (Å²) in [5.41, 5.74) is 1.92. The van der Waals surface area contributed by atoms with Gasteiger partial charge in [0.05, 0.1) is 12.4 Å². The molecule has 0 aliphatic rings. The highest BCUT2D eigenvalue weighted by molar-refractivity contribution is 7.99. The topological polar surface area (TPSA) is 94.3 Å². The van der Waals surface area contributed by atoms with Crippen molar-refractivity contribution in [3.8, 4) is 11.5 Å². The number of aromatic nitrogens is 2. The van der Waals surface area contributed by atoms with E-state index in [-0.39, 0.29) is 24.8 Å². The van der Waals surface area contributed by atoms with Gasteiger partial charge in [-0.15, -0.1) is 10.2 Å². The zero-order valence-electron chi connectivity index (χ0n) is 12.9. The summed E-state index contributed by atoms with van der Waals surface area (Å²) in [7, 11) is 0. The number of thioether (sulfide) groups is 1. The summed E-state index contributed by atoms with van der Waals surface area (Å²) < 4.78 is 10.2. The van der Waals surface area contributed by atoms with E-state index in [2.05, 4.69) is 15.5 Å². The van der Waals surface area contributed by atoms with Crippen LogP contribution in [-0.4, -0.2) is 41.0 Å². The van der Waals surface area contributed by atoms with Crippen molar-refractivity contribution in [3.05, 3.63) is 29.8 Å². The number of ether oxygens (including phenoxy) is 1. The molecule has 0 radical (unpaired) electrons. The molecule has 0 bridgehead atoms. The lowest BCUT2D eigenvalue weighted by atomic mass is 10.1. The lowest BCUT2D eigenvalue weighted by Crippen LogP contribution is -2.31. The highest BCUT2D eigenvalue weighted by Crippen LogP contribution is 2.23. The Morgan fingerprint density at radius 3 is 2.91 bits per heavy atom. The first kappa shape index (κ1) is 17.0. The molecule has 7 nitrogen and oxygen atoms in total. The number of benzene rings is 1. The number of aryl methyl sites for hydroxylation is 1. The lowest BCUT2D eigenvalue weighted by Gasteiger charge is -2.03. The summed E-state index contributed by atoms with van der Waals surface area (Å²) in [5.74, 6) is -0.290. The number of esters is 1. The van der Waals surface area contributed by atoms with Gasteiger partial charge < -0.3 is 14.5 Å². The van der Waals surface area contributed by atoms with Gasteiger partial charge >= 0.3 is 5.97 Å².